The molecular formula is C11H17N5. The molecule has 1 unspecified atom stereocenters. The van der Waals surface area contributed by atoms with Crippen molar-refractivity contribution in [1.29, 1.82) is 0 Å². The lowest BCUT2D eigenvalue weighted by molar-refractivity contribution is 0.443. The molecule has 2 aromatic rings. The van der Waals surface area contributed by atoms with Crippen LogP contribution in [-0.2, 0) is 20.1 Å². The van der Waals surface area contributed by atoms with Crippen LogP contribution in [0, 0.1) is 0 Å². The number of aromatic nitrogens is 4. The molecule has 86 valence electrons. The first-order valence-electron chi connectivity index (χ1n) is 5.42. The van der Waals surface area contributed by atoms with Crippen LogP contribution in [0.3, 0.4) is 0 Å². The van der Waals surface area contributed by atoms with Gasteiger partial charge in [0, 0.05) is 37.9 Å². The highest BCUT2D eigenvalue weighted by Gasteiger charge is 2.04. The van der Waals surface area contributed by atoms with Crippen molar-refractivity contribution in [3.05, 3.63) is 36.7 Å². The highest BCUT2D eigenvalue weighted by molar-refractivity contribution is 4.90. The van der Waals surface area contributed by atoms with Crippen LogP contribution in [0.15, 0.2) is 30.9 Å². The molecule has 0 aliphatic carbocycles. The average molecular weight is 219 g/mol. The van der Waals surface area contributed by atoms with Gasteiger partial charge in [0.15, 0.2) is 0 Å². The van der Waals surface area contributed by atoms with Gasteiger partial charge >= 0.3 is 0 Å². The number of aryl methyl sites for hydroxylation is 1. The van der Waals surface area contributed by atoms with E-state index >= 15 is 0 Å². The summed E-state index contributed by atoms with van der Waals surface area (Å²) in [6.45, 7) is 3.80. The van der Waals surface area contributed by atoms with E-state index in [4.69, 9.17) is 0 Å². The van der Waals surface area contributed by atoms with Crippen molar-refractivity contribution in [2.24, 2.45) is 7.05 Å². The van der Waals surface area contributed by atoms with Crippen LogP contribution < -0.4 is 5.32 Å². The van der Waals surface area contributed by atoms with Crippen LogP contribution in [0.2, 0.25) is 0 Å². The molecule has 0 amide bonds. The molecule has 0 saturated carbocycles. The van der Waals surface area contributed by atoms with Crippen molar-refractivity contribution in [1.82, 2.24) is 24.6 Å². The Bertz CT molecular complexity index is 417. The van der Waals surface area contributed by atoms with Gasteiger partial charge in [-0.15, -0.1) is 0 Å². The van der Waals surface area contributed by atoms with Crippen molar-refractivity contribution < 1.29 is 0 Å². The predicted octanol–water partition coefficient (Wildman–Crippen LogP) is 0.795. The van der Waals surface area contributed by atoms with E-state index in [1.807, 2.05) is 41.0 Å². The molecule has 2 rings (SSSR count). The maximum Gasteiger partial charge on any atom is 0.122 e. The molecule has 5 nitrogen and oxygen atoms in total. The molecule has 0 fully saturated rings. The van der Waals surface area contributed by atoms with Gasteiger partial charge in [-0.05, 0) is 13.0 Å². The molecule has 0 aromatic carbocycles. The van der Waals surface area contributed by atoms with Gasteiger partial charge in [0.2, 0.25) is 0 Å². The summed E-state index contributed by atoms with van der Waals surface area (Å²) < 4.78 is 3.95. The summed E-state index contributed by atoms with van der Waals surface area (Å²) in [6.07, 6.45) is 7.54. The predicted molar refractivity (Wildman–Crippen MR) is 61.7 cm³/mol. The molecular weight excluding hydrogens is 202 g/mol. The van der Waals surface area contributed by atoms with E-state index in [-0.39, 0.29) is 0 Å². The number of nitrogens with one attached hydrogen (secondary N) is 1. The van der Waals surface area contributed by atoms with Gasteiger partial charge < -0.3 is 9.88 Å². The SMILES string of the molecule is CC(Cn1cccn1)NCc1nccn1C. The Morgan fingerprint density at radius 3 is 2.88 bits per heavy atom. The van der Waals surface area contributed by atoms with E-state index in [1.54, 1.807) is 6.20 Å². The first kappa shape index (κ1) is 10.9. The van der Waals surface area contributed by atoms with Gasteiger partial charge in [0.05, 0.1) is 13.1 Å². The minimum atomic E-state index is 0.372. The summed E-state index contributed by atoms with van der Waals surface area (Å²) in [7, 11) is 2.00. The number of nitrogens with zero attached hydrogens (tertiary/aromatic N) is 4. The van der Waals surface area contributed by atoms with Gasteiger partial charge in [-0.3, -0.25) is 4.68 Å². The first-order chi connectivity index (χ1) is 7.75. The second-order valence-electron chi connectivity index (χ2n) is 3.96. The second-order valence-corrected chi connectivity index (χ2v) is 3.96. The number of rotatable bonds is 5. The van der Waals surface area contributed by atoms with Gasteiger partial charge in [-0.25, -0.2) is 4.98 Å². The van der Waals surface area contributed by atoms with E-state index in [0.29, 0.717) is 6.04 Å². The maximum absolute atomic E-state index is 4.26. The fourth-order valence-corrected chi connectivity index (χ4v) is 1.59. The zero-order valence-corrected chi connectivity index (χ0v) is 9.67. The van der Waals surface area contributed by atoms with Crippen LogP contribution in [0.25, 0.3) is 0 Å². The highest BCUT2D eigenvalue weighted by atomic mass is 15.3. The summed E-state index contributed by atoms with van der Waals surface area (Å²) >= 11 is 0. The average Bonchev–Trinajstić information content (AvgIpc) is 2.87. The van der Waals surface area contributed by atoms with Crippen LogP contribution in [-0.4, -0.2) is 25.4 Å². The Kier molecular flexibility index (Phi) is 3.36. The minimum Gasteiger partial charge on any atom is -0.337 e. The molecule has 1 atom stereocenters. The summed E-state index contributed by atoms with van der Waals surface area (Å²) in [4.78, 5) is 4.26. The maximum atomic E-state index is 4.26. The third-order valence-corrected chi connectivity index (χ3v) is 2.55. The molecule has 5 heteroatoms. The second kappa shape index (κ2) is 4.94. The summed E-state index contributed by atoms with van der Waals surface area (Å²) in [5.41, 5.74) is 0. The molecule has 16 heavy (non-hydrogen) atoms. The summed E-state index contributed by atoms with van der Waals surface area (Å²) in [5.74, 6) is 1.05. The lowest BCUT2D eigenvalue weighted by Gasteiger charge is -2.13. The fraction of sp³-hybridized carbons (Fsp3) is 0.455. The third-order valence-electron chi connectivity index (χ3n) is 2.55. The molecule has 0 bridgehead atoms. The van der Waals surface area contributed by atoms with Crippen molar-refractivity contribution in [3.8, 4) is 0 Å². The normalized spacial score (nSPS) is 12.9. The van der Waals surface area contributed by atoms with Crippen LogP contribution in [0.5, 0.6) is 0 Å². The quantitative estimate of drug-likeness (QED) is 0.809. The molecule has 0 radical (unpaired) electrons. The molecule has 0 aliphatic rings. The molecule has 1 N–H and O–H groups in total. The standard InChI is InChI=1S/C11H17N5/c1-10(9-16-6-3-4-14-16)13-8-11-12-5-7-15(11)2/h3-7,10,13H,8-9H2,1-2H3. The van der Waals surface area contributed by atoms with Crippen molar-refractivity contribution in [2.45, 2.75) is 26.1 Å². The molecule has 0 spiro atoms. The van der Waals surface area contributed by atoms with Crippen molar-refractivity contribution in [3.63, 3.8) is 0 Å². The number of hydrogen-bond acceptors (Lipinski definition) is 3. The Morgan fingerprint density at radius 2 is 2.25 bits per heavy atom. The zero-order chi connectivity index (χ0) is 11.4. The molecule has 2 aromatic heterocycles. The van der Waals surface area contributed by atoms with Crippen molar-refractivity contribution >= 4 is 0 Å². The Hall–Kier alpha value is -1.62. The van der Waals surface area contributed by atoms with E-state index in [0.717, 1.165) is 18.9 Å². The fourth-order valence-electron chi connectivity index (χ4n) is 1.59. The molecule has 0 aliphatic heterocycles. The zero-order valence-electron chi connectivity index (χ0n) is 9.67. The highest BCUT2D eigenvalue weighted by Crippen LogP contribution is 1.96. The third kappa shape index (κ3) is 2.70. The Balaban J connectivity index is 1.80. The molecule has 2 heterocycles. The van der Waals surface area contributed by atoms with E-state index in [1.165, 1.54) is 0 Å². The smallest absolute Gasteiger partial charge is 0.122 e. The van der Waals surface area contributed by atoms with E-state index in [9.17, 15) is 0 Å². The first-order valence-corrected chi connectivity index (χ1v) is 5.42. The summed E-state index contributed by atoms with van der Waals surface area (Å²) in [6, 6.07) is 2.31. The van der Waals surface area contributed by atoms with Gasteiger partial charge in [0.1, 0.15) is 5.82 Å². The Morgan fingerprint density at radius 1 is 1.38 bits per heavy atom. The van der Waals surface area contributed by atoms with Crippen LogP contribution in [0.1, 0.15) is 12.7 Å². The van der Waals surface area contributed by atoms with Gasteiger partial charge in [-0.2, -0.15) is 5.10 Å². The van der Waals surface area contributed by atoms with Gasteiger partial charge in [-0.1, -0.05) is 0 Å². The Labute approximate surface area is 95.1 Å². The minimum absolute atomic E-state index is 0.372. The molecule has 0 saturated heterocycles. The number of imidazole rings is 1. The largest absolute Gasteiger partial charge is 0.337 e. The lowest BCUT2D eigenvalue weighted by atomic mass is 10.3. The topological polar surface area (TPSA) is 47.7 Å². The van der Waals surface area contributed by atoms with Crippen LogP contribution in [0.4, 0.5) is 0 Å². The van der Waals surface area contributed by atoms with Crippen LogP contribution >= 0.6 is 0 Å². The number of hydrogen-bond donors (Lipinski definition) is 1. The van der Waals surface area contributed by atoms with Gasteiger partial charge in [0.25, 0.3) is 0 Å². The van der Waals surface area contributed by atoms with E-state index < -0.39 is 0 Å². The van der Waals surface area contributed by atoms with Crippen molar-refractivity contribution in [2.75, 3.05) is 0 Å². The summed E-state index contributed by atoms with van der Waals surface area (Å²) in [5, 5.41) is 7.59. The monoisotopic (exact) mass is 219 g/mol. The van der Waals surface area contributed by atoms with E-state index in [2.05, 4.69) is 22.3 Å². The lowest BCUT2D eigenvalue weighted by Crippen LogP contribution is -2.31.